The maximum Gasteiger partial charge on any atom is 0.287 e. The molecular formula is C14H12ClFN2O3. The van der Waals surface area contributed by atoms with Gasteiger partial charge in [0, 0.05) is 17.7 Å². The van der Waals surface area contributed by atoms with Gasteiger partial charge in [-0.15, -0.1) is 0 Å². The molecule has 0 saturated carbocycles. The minimum Gasteiger partial charge on any atom is -0.467 e. The summed E-state index contributed by atoms with van der Waals surface area (Å²) in [7, 11) is 0. The Morgan fingerprint density at radius 1 is 1.33 bits per heavy atom. The Morgan fingerprint density at radius 2 is 2.05 bits per heavy atom. The predicted octanol–water partition coefficient (Wildman–Crippen LogP) is 4.10. The number of hydrogen-bond donors (Lipinski definition) is 0. The summed E-state index contributed by atoms with van der Waals surface area (Å²) < 4.78 is 18.8. The van der Waals surface area contributed by atoms with Crippen molar-refractivity contribution in [3.8, 4) is 5.88 Å². The van der Waals surface area contributed by atoms with Crippen LogP contribution in [0.4, 0.5) is 10.1 Å². The fourth-order valence-corrected chi connectivity index (χ4v) is 2.23. The van der Waals surface area contributed by atoms with Gasteiger partial charge in [0.25, 0.3) is 5.69 Å². The third kappa shape index (κ3) is 3.46. The molecule has 0 aliphatic carbocycles. The Hall–Kier alpha value is -2.21. The van der Waals surface area contributed by atoms with Crippen LogP contribution in [0.5, 0.6) is 5.88 Å². The van der Waals surface area contributed by atoms with Gasteiger partial charge >= 0.3 is 0 Å². The average molecular weight is 311 g/mol. The van der Waals surface area contributed by atoms with Crippen LogP contribution in [0.15, 0.2) is 36.5 Å². The van der Waals surface area contributed by atoms with Crippen molar-refractivity contribution in [2.45, 2.75) is 19.4 Å². The fraction of sp³-hybridized carbons (Fsp3) is 0.214. The maximum atomic E-state index is 13.1. The fourth-order valence-electron chi connectivity index (χ4n) is 1.84. The molecule has 0 saturated heterocycles. The second-order valence-electron chi connectivity index (χ2n) is 4.85. The van der Waals surface area contributed by atoms with Crippen LogP contribution in [0, 0.1) is 15.9 Å². The van der Waals surface area contributed by atoms with E-state index in [9.17, 15) is 14.5 Å². The van der Waals surface area contributed by atoms with Crippen molar-refractivity contribution in [3.05, 3.63) is 63.0 Å². The lowest BCUT2D eigenvalue weighted by Gasteiger charge is -2.27. The summed E-state index contributed by atoms with van der Waals surface area (Å²) in [5, 5.41) is 10.8. The first kappa shape index (κ1) is 15.2. The van der Waals surface area contributed by atoms with Crippen LogP contribution in [0.3, 0.4) is 0 Å². The SMILES string of the molecule is CC(C)(Oc1ccc([N+](=O)[O-])cn1)c1ccc(F)cc1Cl. The van der Waals surface area contributed by atoms with Gasteiger partial charge in [-0.05, 0) is 26.0 Å². The first-order valence-electron chi connectivity index (χ1n) is 6.04. The minimum absolute atomic E-state index is 0.125. The molecule has 0 N–H and O–H groups in total. The van der Waals surface area contributed by atoms with Gasteiger partial charge < -0.3 is 4.74 Å². The van der Waals surface area contributed by atoms with Crippen molar-refractivity contribution < 1.29 is 14.1 Å². The Kier molecular flexibility index (Phi) is 4.09. The van der Waals surface area contributed by atoms with Gasteiger partial charge in [0.05, 0.1) is 9.95 Å². The minimum atomic E-state index is -0.867. The number of nitro groups is 1. The number of benzene rings is 1. The summed E-state index contributed by atoms with van der Waals surface area (Å²) in [4.78, 5) is 13.9. The highest BCUT2D eigenvalue weighted by Gasteiger charge is 2.26. The second-order valence-corrected chi connectivity index (χ2v) is 5.26. The van der Waals surface area contributed by atoms with Crippen molar-refractivity contribution >= 4 is 17.3 Å². The predicted molar refractivity (Wildman–Crippen MR) is 76.0 cm³/mol. The summed E-state index contributed by atoms with van der Waals surface area (Å²) in [6.45, 7) is 3.49. The van der Waals surface area contributed by atoms with Crippen molar-refractivity contribution in [1.29, 1.82) is 0 Å². The normalized spacial score (nSPS) is 11.2. The number of hydrogen-bond acceptors (Lipinski definition) is 4. The standard InChI is InChI=1S/C14H12ClFN2O3/c1-14(2,11-5-3-9(16)7-12(11)15)21-13-6-4-10(8-17-13)18(19)20/h3-8H,1-2H3. The van der Waals surface area contributed by atoms with E-state index in [-0.39, 0.29) is 16.6 Å². The van der Waals surface area contributed by atoms with Crippen molar-refractivity contribution in [1.82, 2.24) is 4.98 Å². The lowest BCUT2D eigenvalue weighted by atomic mass is 9.98. The number of nitrogens with zero attached hydrogens (tertiary/aromatic N) is 2. The highest BCUT2D eigenvalue weighted by Crippen LogP contribution is 2.32. The van der Waals surface area contributed by atoms with E-state index in [1.807, 2.05) is 0 Å². The van der Waals surface area contributed by atoms with Crippen molar-refractivity contribution in [2.75, 3.05) is 0 Å². The number of pyridine rings is 1. The van der Waals surface area contributed by atoms with E-state index in [1.165, 1.54) is 30.3 Å². The molecule has 0 aliphatic heterocycles. The zero-order valence-corrected chi connectivity index (χ0v) is 12.1. The Balaban J connectivity index is 2.25. The molecule has 0 bridgehead atoms. The summed E-state index contributed by atoms with van der Waals surface area (Å²) in [6, 6.07) is 6.71. The van der Waals surface area contributed by atoms with Crippen LogP contribution < -0.4 is 4.74 Å². The van der Waals surface area contributed by atoms with E-state index in [4.69, 9.17) is 16.3 Å². The first-order valence-corrected chi connectivity index (χ1v) is 6.42. The monoisotopic (exact) mass is 310 g/mol. The average Bonchev–Trinajstić information content (AvgIpc) is 2.38. The van der Waals surface area contributed by atoms with Crippen LogP contribution in [0.2, 0.25) is 5.02 Å². The molecule has 1 aromatic carbocycles. The van der Waals surface area contributed by atoms with Crippen LogP contribution in [-0.2, 0) is 5.60 Å². The third-order valence-corrected chi connectivity index (χ3v) is 3.18. The number of aromatic nitrogens is 1. The molecule has 5 nitrogen and oxygen atoms in total. The van der Waals surface area contributed by atoms with E-state index >= 15 is 0 Å². The molecule has 2 aromatic rings. The molecule has 1 heterocycles. The second kappa shape index (κ2) is 5.65. The quantitative estimate of drug-likeness (QED) is 0.630. The topological polar surface area (TPSA) is 65.3 Å². The van der Waals surface area contributed by atoms with Gasteiger partial charge in [-0.3, -0.25) is 10.1 Å². The Bertz CT molecular complexity index is 674. The molecule has 7 heteroatoms. The molecule has 0 fully saturated rings. The van der Waals surface area contributed by atoms with E-state index < -0.39 is 16.3 Å². The van der Waals surface area contributed by atoms with Crippen LogP contribution in [0.1, 0.15) is 19.4 Å². The summed E-state index contributed by atoms with van der Waals surface area (Å²) in [5.74, 6) is -0.223. The number of halogens is 2. The summed E-state index contributed by atoms with van der Waals surface area (Å²) in [5.41, 5.74) is -0.404. The summed E-state index contributed by atoms with van der Waals surface area (Å²) in [6.07, 6.45) is 1.11. The van der Waals surface area contributed by atoms with Gasteiger partial charge in [-0.2, -0.15) is 0 Å². The zero-order valence-electron chi connectivity index (χ0n) is 11.3. The van der Waals surface area contributed by atoms with Crippen molar-refractivity contribution in [3.63, 3.8) is 0 Å². The van der Waals surface area contributed by atoms with Crippen LogP contribution in [-0.4, -0.2) is 9.91 Å². The Morgan fingerprint density at radius 3 is 2.57 bits per heavy atom. The van der Waals surface area contributed by atoms with E-state index in [2.05, 4.69) is 4.98 Å². The van der Waals surface area contributed by atoms with Gasteiger partial charge in [0.15, 0.2) is 0 Å². The molecule has 0 amide bonds. The molecular weight excluding hydrogens is 299 g/mol. The van der Waals surface area contributed by atoms with Crippen LogP contribution in [0.25, 0.3) is 0 Å². The van der Waals surface area contributed by atoms with Gasteiger partial charge in [-0.1, -0.05) is 17.7 Å². The molecule has 2 rings (SSSR count). The lowest BCUT2D eigenvalue weighted by Crippen LogP contribution is -2.26. The highest BCUT2D eigenvalue weighted by atomic mass is 35.5. The van der Waals surface area contributed by atoms with E-state index in [0.29, 0.717) is 5.56 Å². The van der Waals surface area contributed by atoms with Crippen LogP contribution >= 0.6 is 11.6 Å². The highest BCUT2D eigenvalue weighted by molar-refractivity contribution is 6.31. The molecule has 1 aromatic heterocycles. The smallest absolute Gasteiger partial charge is 0.287 e. The molecule has 0 spiro atoms. The summed E-state index contributed by atoms with van der Waals surface area (Å²) >= 11 is 6.02. The molecule has 110 valence electrons. The first-order chi connectivity index (χ1) is 9.79. The molecule has 0 aliphatic rings. The number of ether oxygens (including phenoxy) is 1. The van der Waals surface area contributed by atoms with Gasteiger partial charge in [0.2, 0.25) is 5.88 Å². The Labute approximate surface area is 125 Å². The molecule has 0 radical (unpaired) electrons. The zero-order chi connectivity index (χ0) is 15.6. The van der Waals surface area contributed by atoms with Gasteiger partial charge in [0.1, 0.15) is 17.6 Å². The molecule has 0 atom stereocenters. The number of rotatable bonds is 4. The van der Waals surface area contributed by atoms with Gasteiger partial charge in [-0.25, -0.2) is 9.37 Å². The lowest BCUT2D eigenvalue weighted by molar-refractivity contribution is -0.385. The molecule has 21 heavy (non-hydrogen) atoms. The molecule has 0 unspecified atom stereocenters. The van der Waals surface area contributed by atoms with Crippen molar-refractivity contribution in [2.24, 2.45) is 0 Å². The van der Waals surface area contributed by atoms with E-state index in [0.717, 1.165) is 6.20 Å². The third-order valence-electron chi connectivity index (χ3n) is 2.87. The largest absolute Gasteiger partial charge is 0.467 e. The van der Waals surface area contributed by atoms with E-state index in [1.54, 1.807) is 13.8 Å². The maximum absolute atomic E-state index is 13.1.